The second-order valence-corrected chi connectivity index (χ2v) is 11.4. The van der Waals surface area contributed by atoms with Gasteiger partial charge in [0.15, 0.2) is 15.0 Å². The average molecular weight is 510 g/mol. The summed E-state index contributed by atoms with van der Waals surface area (Å²) >= 11 is 1.43. The molecule has 2 aromatic heterocycles. The molecule has 0 aliphatic carbocycles. The molecule has 0 aliphatic rings. The monoisotopic (exact) mass is 509 g/mol. The van der Waals surface area contributed by atoms with E-state index in [0.717, 1.165) is 21.4 Å². The number of fused-ring (bicyclic) bond motifs is 1. The van der Waals surface area contributed by atoms with Crippen molar-refractivity contribution in [1.29, 1.82) is 0 Å². The van der Waals surface area contributed by atoms with Crippen LogP contribution in [0.1, 0.15) is 29.5 Å². The van der Waals surface area contributed by atoms with Crippen molar-refractivity contribution < 1.29 is 17.9 Å². The summed E-state index contributed by atoms with van der Waals surface area (Å²) in [5, 5.41) is 0.550. The fraction of sp³-hybridized carbons (Fsp3) is 0.269. The third-order valence-electron chi connectivity index (χ3n) is 5.58. The molecule has 0 fully saturated rings. The number of thiazole rings is 1. The number of benzene rings is 2. The molecular weight excluding hydrogens is 482 g/mol. The number of rotatable bonds is 10. The molecule has 0 atom stereocenters. The van der Waals surface area contributed by atoms with Crippen LogP contribution in [0.2, 0.25) is 0 Å². The number of nitrogens with zero attached hydrogens (tertiary/aromatic N) is 3. The number of pyridine rings is 1. The minimum atomic E-state index is -3.32. The number of hydrogen-bond acceptors (Lipinski definition) is 7. The quantitative estimate of drug-likeness (QED) is 0.301. The maximum atomic E-state index is 13.4. The van der Waals surface area contributed by atoms with E-state index in [4.69, 9.17) is 9.72 Å². The van der Waals surface area contributed by atoms with Crippen molar-refractivity contribution in [3.05, 3.63) is 83.7 Å². The minimum Gasteiger partial charge on any atom is -0.494 e. The van der Waals surface area contributed by atoms with Gasteiger partial charge in [0, 0.05) is 18.8 Å². The van der Waals surface area contributed by atoms with E-state index in [9.17, 15) is 13.2 Å². The van der Waals surface area contributed by atoms with E-state index >= 15 is 0 Å². The van der Waals surface area contributed by atoms with Crippen LogP contribution in [0.3, 0.4) is 0 Å². The lowest BCUT2D eigenvalue weighted by Crippen LogP contribution is -2.30. The van der Waals surface area contributed by atoms with Crippen molar-refractivity contribution in [2.75, 3.05) is 17.8 Å². The third-order valence-corrected chi connectivity index (χ3v) is 8.48. The van der Waals surface area contributed by atoms with Gasteiger partial charge in [0.1, 0.15) is 11.3 Å². The molecule has 4 rings (SSSR count). The zero-order valence-electron chi connectivity index (χ0n) is 19.7. The smallest absolute Gasteiger partial charge is 0.229 e. The summed E-state index contributed by atoms with van der Waals surface area (Å²) in [6, 6.07) is 16.6. The number of amides is 1. The minimum absolute atomic E-state index is 0.0294. The summed E-state index contributed by atoms with van der Waals surface area (Å²) in [6.07, 6.45) is 3.73. The molecule has 0 saturated heterocycles. The molecule has 4 aromatic rings. The first-order valence-corrected chi connectivity index (χ1v) is 13.9. The van der Waals surface area contributed by atoms with Gasteiger partial charge in [0.05, 0.1) is 29.9 Å². The van der Waals surface area contributed by atoms with Gasteiger partial charge in [-0.1, -0.05) is 53.8 Å². The Kier molecular flexibility index (Phi) is 7.77. The van der Waals surface area contributed by atoms with Crippen molar-refractivity contribution in [3.63, 3.8) is 0 Å². The normalized spacial score (nSPS) is 11.5. The Morgan fingerprint density at radius 3 is 2.54 bits per heavy atom. The second-order valence-electron chi connectivity index (χ2n) is 8.28. The van der Waals surface area contributed by atoms with Crippen LogP contribution in [0.4, 0.5) is 5.13 Å². The van der Waals surface area contributed by atoms with E-state index in [0.29, 0.717) is 22.9 Å². The zero-order valence-corrected chi connectivity index (χ0v) is 21.3. The largest absolute Gasteiger partial charge is 0.494 e. The third kappa shape index (κ3) is 6.23. The molecule has 0 unspecified atom stereocenters. The zero-order chi connectivity index (χ0) is 24.8. The van der Waals surface area contributed by atoms with Crippen molar-refractivity contribution in [3.8, 4) is 5.75 Å². The molecule has 7 nitrogen and oxygen atoms in total. The first-order valence-electron chi connectivity index (χ1n) is 11.2. The van der Waals surface area contributed by atoms with Crippen molar-refractivity contribution in [2.45, 2.75) is 32.1 Å². The highest BCUT2D eigenvalue weighted by Gasteiger charge is 2.23. The number of carbonyl (C=O) groups excluding carboxylic acids is 1. The first kappa shape index (κ1) is 24.8. The summed E-state index contributed by atoms with van der Waals surface area (Å²) in [5.41, 5.74) is 3.36. The van der Waals surface area contributed by atoms with E-state index in [2.05, 4.69) is 4.98 Å². The maximum absolute atomic E-state index is 13.4. The van der Waals surface area contributed by atoms with Gasteiger partial charge in [0.2, 0.25) is 5.91 Å². The summed E-state index contributed by atoms with van der Waals surface area (Å²) < 4.78 is 31.6. The number of hydrogen-bond donors (Lipinski definition) is 0. The lowest BCUT2D eigenvalue weighted by atomic mass is 10.2. The van der Waals surface area contributed by atoms with Crippen LogP contribution >= 0.6 is 11.3 Å². The van der Waals surface area contributed by atoms with Gasteiger partial charge in [-0.25, -0.2) is 13.4 Å². The van der Waals surface area contributed by atoms with Gasteiger partial charge < -0.3 is 4.74 Å². The van der Waals surface area contributed by atoms with Gasteiger partial charge >= 0.3 is 0 Å². The summed E-state index contributed by atoms with van der Waals surface area (Å²) in [7, 11) is -1.73. The highest BCUT2D eigenvalue weighted by Crippen LogP contribution is 2.37. The number of aryl methyl sites for hydroxylation is 1. The van der Waals surface area contributed by atoms with Gasteiger partial charge in [-0.3, -0.25) is 14.7 Å². The van der Waals surface area contributed by atoms with E-state index < -0.39 is 9.84 Å². The van der Waals surface area contributed by atoms with Crippen molar-refractivity contribution in [1.82, 2.24) is 9.97 Å². The molecule has 2 aromatic carbocycles. The van der Waals surface area contributed by atoms with E-state index in [-0.39, 0.29) is 30.3 Å². The molecule has 35 heavy (non-hydrogen) atoms. The van der Waals surface area contributed by atoms with E-state index in [1.807, 2.05) is 49.4 Å². The Hall–Kier alpha value is -3.30. The Morgan fingerprint density at radius 1 is 1.06 bits per heavy atom. The number of anilines is 1. The molecule has 9 heteroatoms. The molecular formula is C26H27N3O4S2. The fourth-order valence-electron chi connectivity index (χ4n) is 3.79. The van der Waals surface area contributed by atoms with Crippen LogP contribution in [-0.2, 0) is 26.9 Å². The molecule has 0 radical (unpaired) electrons. The Labute approximate surface area is 209 Å². The van der Waals surface area contributed by atoms with Gasteiger partial charge in [-0.2, -0.15) is 0 Å². The molecule has 0 N–H and O–H groups in total. The SMILES string of the molecule is COc1ccc(C)c2sc(N(Cc3cccnc3)C(=O)CCCS(=O)(=O)Cc3ccccc3)nc12. The van der Waals surface area contributed by atoms with Gasteiger partial charge in [-0.15, -0.1) is 0 Å². The molecule has 182 valence electrons. The molecule has 0 saturated carbocycles. The van der Waals surface area contributed by atoms with Crippen LogP contribution in [0.5, 0.6) is 5.75 Å². The molecule has 2 heterocycles. The van der Waals surface area contributed by atoms with Crippen molar-refractivity contribution >= 4 is 42.4 Å². The highest BCUT2D eigenvalue weighted by molar-refractivity contribution is 7.90. The number of aromatic nitrogens is 2. The topological polar surface area (TPSA) is 89.5 Å². The fourth-order valence-corrected chi connectivity index (χ4v) is 6.29. The standard InChI is InChI=1S/C26H27N3O4S2/c1-19-12-13-22(33-2)24-25(19)34-26(28-24)29(17-21-10-6-14-27-16-21)23(30)11-7-15-35(31,32)18-20-8-4-3-5-9-20/h3-6,8-10,12-14,16H,7,11,15,17-18H2,1-2H3. The molecule has 1 amide bonds. The van der Waals surface area contributed by atoms with Gasteiger partial charge in [0.25, 0.3) is 0 Å². The number of sulfone groups is 1. The van der Waals surface area contributed by atoms with Crippen LogP contribution in [0.15, 0.2) is 67.0 Å². The van der Waals surface area contributed by atoms with E-state index in [1.165, 1.54) is 11.3 Å². The lowest BCUT2D eigenvalue weighted by Gasteiger charge is -2.20. The Morgan fingerprint density at radius 2 is 1.83 bits per heavy atom. The summed E-state index contributed by atoms with van der Waals surface area (Å²) in [6.45, 7) is 2.29. The number of ether oxygens (including phenoxy) is 1. The number of carbonyl (C=O) groups is 1. The first-order chi connectivity index (χ1) is 16.9. The molecule has 0 bridgehead atoms. The highest BCUT2D eigenvalue weighted by atomic mass is 32.2. The van der Waals surface area contributed by atoms with Crippen LogP contribution in [-0.4, -0.2) is 37.2 Å². The van der Waals surface area contributed by atoms with Crippen LogP contribution in [0, 0.1) is 6.92 Å². The van der Waals surface area contributed by atoms with Crippen LogP contribution in [0.25, 0.3) is 10.2 Å². The maximum Gasteiger partial charge on any atom is 0.229 e. The summed E-state index contributed by atoms with van der Waals surface area (Å²) in [5.74, 6) is 0.382. The Balaban J connectivity index is 1.53. The average Bonchev–Trinajstić information content (AvgIpc) is 3.30. The summed E-state index contributed by atoms with van der Waals surface area (Å²) in [4.78, 5) is 23.9. The number of methoxy groups -OCH3 is 1. The molecule has 0 aliphatic heterocycles. The van der Waals surface area contributed by atoms with Crippen molar-refractivity contribution in [2.24, 2.45) is 0 Å². The Bertz CT molecular complexity index is 1400. The predicted molar refractivity (Wildman–Crippen MR) is 140 cm³/mol. The van der Waals surface area contributed by atoms with E-state index in [1.54, 1.807) is 36.5 Å². The predicted octanol–water partition coefficient (Wildman–Crippen LogP) is 4.94. The second kappa shape index (κ2) is 11.0. The molecule has 0 spiro atoms. The van der Waals surface area contributed by atoms with Crippen LogP contribution < -0.4 is 9.64 Å². The lowest BCUT2D eigenvalue weighted by molar-refractivity contribution is -0.118. The van der Waals surface area contributed by atoms with Gasteiger partial charge in [-0.05, 0) is 42.2 Å².